The van der Waals surface area contributed by atoms with Crippen LogP contribution in [-0.2, 0) is 4.74 Å². The molecule has 4 heteroatoms. The molecule has 0 radical (unpaired) electrons. The van der Waals surface area contributed by atoms with Crippen LogP contribution in [0.5, 0.6) is 0 Å². The first-order valence-corrected chi connectivity index (χ1v) is 6.87. The molecule has 0 saturated heterocycles. The molecule has 3 rings (SSSR count). The van der Waals surface area contributed by atoms with E-state index in [1.54, 1.807) is 0 Å². The van der Waals surface area contributed by atoms with Crippen LogP contribution < -0.4 is 5.32 Å². The minimum Gasteiger partial charge on any atom is -0.377 e. The lowest BCUT2D eigenvalue weighted by Gasteiger charge is -2.18. The summed E-state index contributed by atoms with van der Waals surface area (Å²) in [6, 6.07) is 2.57. The maximum absolute atomic E-state index is 5.45. The van der Waals surface area contributed by atoms with Crippen molar-refractivity contribution in [2.24, 2.45) is 5.92 Å². The van der Waals surface area contributed by atoms with Crippen molar-refractivity contribution in [3.8, 4) is 0 Å². The summed E-state index contributed by atoms with van der Waals surface area (Å²) in [6.07, 6.45) is 7.89. The van der Waals surface area contributed by atoms with Crippen molar-refractivity contribution in [1.82, 2.24) is 9.78 Å². The second-order valence-electron chi connectivity index (χ2n) is 5.30. The summed E-state index contributed by atoms with van der Waals surface area (Å²) in [6.45, 7) is 4.75. The highest BCUT2D eigenvalue weighted by atomic mass is 16.5. The van der Waals surface area contributed by atoms with Gasteiger partial charge in [-0.3, -0.25) is 0 Å². The van der Waals surface area contributed by atoms with E-state index in [-0.39, 0.29) is 0 Å². The fourth-order valence-electron chi connectivity index (χ4n) is 2.49. The van der Waals surface area contributed by atoms with Gasteiger partial charge in [-0.25, -0.2) is 4.68 Å². The summed E-state index contributed by atoms with van der Waals surface area (Å²) in [5, 5.41) is 7.92. The minimum atomic E-state index is 0.513. The van der Waals surface area contributed by atoms with E-state index in [1.807, 2.05) is 6.20 Å². The molecule has 18 heavy (non-hydrogen) atoms. The zero-order valence-corrected chi connectivity index (χ0v) is 10.9. The van der Waals surface area contributed by atoms with Crippen LogP contribution in [0, 0.1) is 5.92 Å². The van der Waals surface area contributed by atoms with Crippen molar-refractivity contribution >= 4 is 5.82 Å². The average Bonchev–Trinajstić information content (AvgIpc) is 3.15. The van der Waals surface area contributed by atoms with Gasteiger partial charge in [0.05, 0.1) is 25.5 Å². The van der Waals surface area contributed by atoms with Gasteiger partial charge < -0.3 is 10.1 Å². The Bertz CT molecular complexity index is 434. The summed E-state index contributed by atoms with van der Waals surface area (Å²) in [5.41, 5.74) is 1.34. The molecule has 1 saturated carbocycles. The second-order valence-corrected chi connectivity index (χ2v) is 5.30. The number of rotatable bonds is 5. The van der Waals surface area contributed by atoms with E-state index in [1.165, 1.54) is 18.4 Å². The summed E-state index contributed by atoms with van der Waals surface area (Å²) < 4.78 is 7.57. The maximum Gasteiger partial charge on any atom is 0.124 e. The summed E-state index contributed by atoms with van der Waals surface area (Å²) in [5.74, 6) is 1.95. The third-order valence-electron chi connectivity index (χ3n) is 3.84. The molecule has 0 spiro atoms. The first kappa shape index (κ1) is 11.8. The highest BCUT2D eigenvalue weighted by Gasteiger charge is 2.30. The number of hydrogen-bond donors (Lipinski definition) is 1. The smallest absolute Gasteiger partial charge is 0.124 e. The van der Waals surface area contributed by atoms with Gasteiger partial charge >= 0.3 is 0 Å². The first-order valence-electron chi connectivity index (χ1n) is 6.87. The Labute approximate surface area is 108 Å². The van der Waals surface area contributed by atoms with Crippen molar-refractivity contribution in [1.29, 1.82) is 0 Å². The molecule has 1 aromatic rings. The normalized spacial score (nSPS) is 21.5. The molecule has 2 aliphatic rings. The van der Waals surface area contributed by atoms with Crippen LogP contribution in [0.4, 0.5) is 5.82 Å². The molecule has 0 bridgehead atoms. The number of nitrogens with one attached hydrogen (secondary N) is 1. The Morgan fingerprint density at radius 1 is 1.56 bits per heavy atom. The van der Waals surface area contributed by atoms with Gasteiger partial charge in [0.15, 0.2) is 0 Å². The van der Waals surface area contributed by atoms with Crippen molar-refractivity contribution < 1.29 is 4.74 Å². The average molecular weight is 247 g/mol. The lowest BCUT2D eigenvalue weighted by atomic mass is 10.2. The summed E-state index contributed by atoms with van der Waals surface area (Å²) in [7, 11) is 0. The molecule has 1 N–H and O–H groups in total. The van der Waals surface area contributed by atoms with E-state index < -0.39 is 0 Å². The lowest BCUT2D eigenvalue weighted by Crippen LogP contribution is -2.18. The van der Waals surface area contributed by atoms with Crippen molar-refractivity contribution in [3.63, 3.8) is 0 Å². The van der Waals surface area contributed by atoms with E-state index in [2.05, 4.69) is 34.2 Å². The van der Waals surface area contributed by atoms with Gasteiger partial charge in [-0.05, 0) is 37.7 Å². The van der Waals surface area contributed by atoms with Gasteiger partial charge in [-0.1, -0.05) is 6.08 Å². The van der Waals surface area contributed by atoms with Gasteiger partial charge in [-0.2, -0.15) is 5.10 Å². The molecule has 2 heterocycles. The molecule has 1 aliphatic heterocycles. The molecular weight excluding hydrogens is 226 g/mol. The zero-order chi connectivity index (χ0) is 12.4. The third-order valence-corrected chi connectivity index (χ3v) is 3.84. The molecule has 1 aromatic heterocycles. The van der Waals surface area contributed by atoms with Crippen LogP contribution in [0.25, 0.3) is 0 Å². The molecule has 0 aromatic carbocycles. The van der Waals surface area contributed by atoms with E-state index in [9.17, 15) is 0 Å². The van der Waals surface area contributed by atoms with Gasteiger partial charge in [0.25, 0.3) is 0 Å². The SMILES string of the molecule is C[C@H](C1CC1)n1nccc1NCC1=CCCOC1. The quantitative estimate of drug-likeness (QED) is 0.813. The second kappa shape index (κ2) is 5.14. The minimum absolute atomic E-state index is 0.513. The summed E-state index contributed by atoms with van der Waals surface area (Å²) >= 11 is 0. The Morgan fingerprint density at radius 2 is 2.44 bits per heavy atom. The molecule has 1 fully saturated rings. The molecule has 4 nitrogen and oxygen atoms in total. The number of nitrogens with zero attached hydrogens (tertiary/aromatic N) is 2. The van der Waals surface area contributed by atoms with Crippen molar-refractivity contribution in [3.05, 3.63) is 23.9 Å². The first-order chi connectivity index (χ1) is 8.84. The standard InChI is InChI=1S/C14H21N3O/c1-11(13-4-5-13)17-14(6-7-16-17)15-9-12-3-2-8-18-10-12/h3,6-7,11,13,15H,2,4-5,8-10H2,1H3/t11-/m1/s1. The van der Waals surface area contributed by atoms with E-state index in [4.69, 9.17) is 4.74 Å². The van der Waals surface area contributed by atoms with Crippen LogP contribution in [0.1, 0.15) is 32.2 Å². The molecule has 1 atom stereocenters. The monoisotopic (exact) mass is 247 g/mol. The van der Waals surface area contributed by atoms with E-state index >= 15 is 0 Å². The van der Waals surface area contributed by atoms with Gasteiger partial charge in [0, 0.05) is 12.6 Å². The molecule has 0 unspecified atom stereocenters. The number of aromatic nitrogens is 2. The Kier molecular flexibility index (Phi) is 3.37. The Morgan fingerprint density at radius 3 is 3.17 bits per heavy atom. The Balaban J connectivity index is 1.62. The lowest BCUT2D eigenvalue weighted by molar-refractivity contribution is 0.150. The van der Waals surface area contributed by atoms with Gasteiger partial charge in [0.1, 0.15) is 5.82 Å². The van der Waals surface area contributed by atoms with E-state index in [0.29, 0.717) is 6.04 Å². The van der Waals surface area contributed by atoms with Crippen molar-refractivity contribution in [2.45, 2.75) is 32.2 Å². The van der Waals surface area contributed by atoms with Gasteiger partial charge in [0.2, 0.25) is 0 Å². The number of hydrogen-bond acceptors (Lipinski definition) is 3. The van der Waals surface area contributed by atoms with Crippen LogP contribution in [-0.4, -0.2) is 29.5 Å². The predicted molar refractivity (Wildman–Crippen MR) is 71.7 cm³/mol. The zero-order valence-electron chi connectivity index (χ0n) is 10.9. The molecule has 98 valence electrons. The largest absolute Gasteiger partial charge is 0.377 e. The predicted octanol–water partition coefficient (Wildman–Crippen LogP) is 2.61. The fraction of sp³-hybridized carbons (Fsp3) is 0.643. The number of ether oxygens (including phenoxy) is 1. The van der Waals surface area contributed by atoms with Crippen molar-refractivity contribution in [2.75, 3.05) is 25.1 Å². The molecular formula is C14H21N3O. The topological polar surface area (TPSA) is 39.1 Å². The maximum atomic E-state index is 5.45. The van der Waals surface area contributed by atoms with Crippen LogP contribution >= 0.6 is 0 Å². The highest BCUT2D eigenvalue weighted by Crippen LogP contribution is 2.40. The molecule has 1 aliphatic carbocycles. The highest BCUT2D eigenvalue weighted by molar-refractivity contribution is 5.36. The van der Waals surface area contributed by atoms with Crippen LogP contribution in [0.2, 0.25) is 0 Å². The molecule has 0 amide bonds. The number of anilines is 1. The van der Waals surface area contributed by atoms with Crippen LogP contribution in [0.15, 0.2) is 23.9 Å². The van der Waals surface area contributed by atoms with Crippen LogP contribution in [0.3, 0.4) is 0 Å². The Hall–Kier alpha value is -1.29. The van der Waals surface area contributed by atoms with E-state index in [0.717, 1.165) is 37.9 Å². The fourth-order valence-corrected chi connectivity index (χ4v) is 2.49. The van der Waals surface area contributed by atoms with Gasteiger partial charge in [-0.15, -0.1) is 0 Å². The third kappa shape index (κ3) is 2.58. The summed E-state index contributed by atoms with van der Waals surface area (Å²) in [4.78, 5) is 0.